The molecule has 0 fully saturated rings. The van der Waals surface area contributed by atoms with Gasteiger partial charge in [-0.2, -0.15) is 5.10 Å². The quantitative estimate of drug-likeness (QED) is 0.589. The molecule has 0 spiro atoms. The molecule has 2 rings (SSSR count). The SMILES string of the molecule is C[Si](C)(C)C#Cc1cnn(C(=O)c2ccccc2)c1. The first kappa shape index (κ1) is 13.3. The lowest BCUT2D eigenvalue weighted by Crippen LogP contribution is -2.16. The van der Waals surface area contributed by atoms with Crippen LogP contribution < -0.4 is 0 Å². The Morgan fingerprint density at radius 3 is 2.53 bits per heavy atom. The molecule has 0 aliphatic carbocycles. The number of carbonyl (C=O) groups excluding carboxylic acids is 1. The van der Waals surface area contributed by atoms with Crippen LogP contribution in [0.5, 0.6) is 0 Å². The molecule has 0 radical (unpaired) electrons. The van der Waals surface area contributed by atoms with Crippen molar-refractivity contribution in [2.24, 2.45) is 0 Å². The van der Waals surface area contributed by atoms with Gasteiger partial charge in [0.25, 0.3) is 5.91 Å². The molecule has 1 heterocycles. The second-order valence-electron chi connectivity index (χ2n) is 5.34. The standard InChI is InChI=1S/C15H16N2OSi/c1-19(2,3)10-9-13-11-16-17(12-13)15(18)14-7-5-4-6-8-14/h4-8,11-12H,1-3H3. The highest BCUT2D eigenvalue weighted by atomic mass is 28.3. The van der Waals surface area contributed by atoms with Gasteiger partial charge in [-0.05, 0) is 12.1 Å². The summed E-state index contributed by atoms with van der Waals surface area (Å²) in [5.74, 6) is 2.95. The molecule has 3 nitrogen and oxygen atoms in total. The number of aromatic nitrogens is 2. The van der Waals surface area contributed by atoms with Gasteiger partial charge < -0.3 is 0 Å². The molecular formula is C15H16N2OSi. The van der Waals surface area contributed by atoms with Crippen LogP contribution in [0.2, 0.25) is 19.6 Å². The monoisotopic (exact) mass is 268 g/mol. The topological polar surface area (TPSA) is 34.9 Å². The third kappa shape index (κ3) is 3.67. The number of hydrogen-bond donors (Lipinski definition) is 0. The van der Waals surface area contributed by atoms with Gasteiger partial charge in [-0.1, -0.05) is 43.8 Å². The first-order valence-electron chi connectivity index (χ1n) is 6.13. The van der Waals surface area contributed by atoms with Gasteiger partial charge >= 0.3 is 0 Å². The van der Waals surface area contributed by atoms with E-state index in [4.69, 9.17) is 0 Å². The zero-order chi connectivity index (χ0) is 13.9. The molecule has 0 N–H and O–H groups in total. The van der Waals surface area contributed by atoms with Gasteiger partial charge in [-0.25, -0.2) is 4.68 Å². The average Bonchev–Trinajstić information content (AvgIpc) is 2.84. The van der Waals surface area contributed by atoms with E-state index in [1.165, 1.54) is 4.68 Å². The van der Waals surface area contributed by atoms with Crippen molar-refractivity contribution in [2.75, 3.05) is 0 Å². The fraction of sp³-hybridized carbons (Fsp3) is 0.200. The predicted molar refractivity (Wildman–Crippen MR) is 78.6 cm³/mol. The van der Waals surface area contributed by atoms with Gasteiger partial charge in [0.15, 0.2) is 0 Å². The number of hydrogen-bond acceptors (Lipinski definition) is 2. The van der Waals surface area contributed by atoms with Gasteiger partial charge in [0.2, 0.25) is 0 Å². The van der Waals surface area contributed by atoms with Crippen molar-refractivity contribution in [3.8, 4) is 11.5 Å². The molecular weight excluding hydrogens is 252 g/mol. The summed E-state index contributed by atoms with van der Waals surface area (Å²) in [7, 11) is -1.40. The van der Waals surface area contributed by atoms with Crippen molar-refractivity contribution in [1.29, 1.82) is 0 Å². The molecule has 96 valence electrons. The Kier molecular flexibility index (Phi) is 3.68. The van der Waals surface area contributed by atoms with Crippen LogP contribution in [-0.4, -0.2) is 23.8 Å². The highest BCUT2D eigenvalue weighted by molar-refractivity contribution is 6.83. The lowest BCUT2D eigenvalue weighted by molar-refractivity contribution is 0.0945. The molecule has 1 aromatic heterocycles. The minimum Gasteiger partial charge on any atom is -0.267 e. The summed E-state index contributed by atoms with van der Waals surface area (Å²) in [6.07, 6.45) is 3.32. The molecule has 0 aliphatic heterocycles. The van der Waals surface area contributed by atoms with E-state index in [0.29, 0.717) is 5.56 Å². The van der Waals surface area contributed by atoms with Crippen molar-refractivity contribution in [3.63, 3.8) is 0 Å². The lowest BCUT2D eigenvalue weighted by atomic mass is 10.2. The Hall–Kier alpha value is -2.12. The van der Waals surface area contributed by atoms with E-state index in [1.807, 2.05) is 18.2 Å². The lowest BCUT2D eigenvalue weighted by Gasteiger charge is -2.02. The fourth-order valence-corrected chi connectivity index (χ4v) is 1.99. The summed E-state index contributed by atoms with van der Waals surface area (Å²) < 4.78 is 1.34. The second kappa shape index (κ2) is 5.25. The van der Waals surface area contributed by atoms with Crippen molar-refractivity contribution in [1.82, 2.24) is 9.78 Å². The van der Waals surface area contributed by atoms with Crippen LogP contribution in [0.1, 0.15) is 15.9 Å². The highest BCUT2D eigenvalue weighted by Crippen LogP contribution is 2.04. The smallest absolute Gasteiger partial charge is 0.267 e. The summed E-state index contributed by atoms with van der Waals surface area (Å²) in [5, 5.41) is 4.07. The van der Waals surface area contributed by atoms with E-state index in [1.54, 1.807) is 24.5 Å². The highest BCUT2D eigenvalue weighted by Gasteiger charge is 2.10. The minimum atomic E-state index is -1.40. The van der Waals surface area contributed by atoms with Crippen LogP contribution in [0.15, 0.2) is 42.7 Å². The van der Waals surface area contributed by atoms with E-state index in [0.717, 1.165) is 5.56 Å². The van der Waals surface area contributed by atoms with Crippen LogP contribution in [-0.2, 0) is 0 Å². The van der Waals surface area contributed by atoms with Crippen LogP contribution in [0.25, 0.3) is 0 Å². The maximum atomic E-state index is 12.1. The maximum Gasteiger partial charge on any atom is 0.278 e. The predicted octanol–water partition coefficient (Wildman–Crippen LogP) is 2.80. The zero-order valence-electron chi connectivity index (χ0n) is 11.3. The number of rotatable bonds is 1. The Labute approximate surface area is 114 Å². The maximum absolute atomic E-state index is 12.1. The Morgan fingerprint density at radius 1 is 1.21 bits per heavy atom. The zero-order valence-corrected chi connectivity index (χ0v) is 12.3. The van der Waals surface area contributed by atoms with Crippen molar-refractivity contribution >= 4 is 14.0 Å². The second-order valence-corrected chi connectivity index (χ2v) is 10.1. The molecule has 2 aromatic rings. The molecule has 0 bridgehead atoms. The van der Waals surface area contributed by atoms with E-state index in [2.05, 4.69) is 36.2 Å². The molecule has 0 saturated carbocycles. The number of benzene rings is 1. The van der Waals surface area contributed by atoms with E-state index >= 15 is 0 Å². The first-order valence-corrected chi connectivity index (χ1v) is 9.63. The van der Waals surface area contributed by atoms with Crippen molar-refractivity contribution in [3.05, 3.63) is 53.9 Å². The van der Waals surface area contributed by atoms with Crippen molar-refractivity contribution in [2.45, 2.75) is 19.6 Å². The summed E-state index contributed by atoms with van der Waals surface area (Å²) in [6, 6.07) is 9.10. The summed E-state index contributed by atoms with van der Waals surface area (Å²) >= 11 is 0. The molecule has 0 aliphatic rings. The number of nitrogens with zero attached hydrogens (tertiary/aromatic N) is 2. The Balaban J connectivity index is 2.22. The molecule has 0 saturated heterocycles. The van der Waals surface area contributed by atoms with E-state index in [9.17, 15) is 4.79 Å². The summed E-state index contributed by atoms with van der Waals surface area (Å²) in [5.41, 5.74) is 4.66. The van der Waals surface area contributed by atoms with Gasteiger partial charge in [0, 0.05) is 11.8 Å². The summed E-state index contributed by atoms with van der Waals surface area (Å²) in [6.45, 7) is 6.54. The summed E-state index contributed by atoms with van der Waals surface area (Å²) in [4.78, 5) is 12.1. The van der Waals surface area contributed by atoms with Gasteiger partial charge in [-0.3, -0.25) is 4.79 Å². The van der Waals surface area contributed by atoms with Crippen LogP contribution in [0, 0.1) is 11.5 Å². The third-order valence-corrected chi connectivity index (χ3v) is 3.27. The minimum absolute atomic E-state index is 0.137. The normalized spacial score (nSPS) is 10.7. The van der Waals surface area contributed by atoms with Crippen LogP contribution in [0.3, 0.4) is 0 Å². The third-order valence-electron chi connectivity index (χ3n) is 2.39. The molecule has 1 aromatic carbocycles. The molecule has 0 unspecified atom stereocenters. The van der Waals surface area contributed by atoms with Crippen molar-refractivity contribution < 1.29 is 4.79 Å². The Morgan fingerprint density at radius 2 is 1.89 bits per heavy atom. The molecule has 0 atom stereocenters. The van der Waals surface area contributed by atoms with Crippen LogP contribution >= 0.6 is 0 Å². The van der Waals surface area contributed by atoms with Crippen LogP contribution in [0.4, 0.5) is 0 Å². The van der Waals surface area contributed by atoms with E-state index in [-0.39, 0.29) is 5.91 Å². The van der Waals surface area contributed by atoms with Gasteiger partial charge in [0.1, 0.15) is 8.07 Å². The van der Waals surface area contributed by atoms with Gasteiger partial charge in [-0.15, -0.1) is 5.54 Å². The van der Waals surface area contributed by atoms with Gasteiger partial charge in [0.05, 0.1) is 11.8 Å². The largest absolute Gasteiger partial charge is 0.278 e. The average molecular weight is 268 g/mol. The van der Waals surface area contributed by atoms with E-state index < -0.39 is 8.07 Å². The number of carbonyl (C=O) groups is 1. The Bertz CT molecular complexity index is 642. The first-order chi connectivity index (χ1) is 8.96. The molecule has 4 heteroatoms. The fourth-order valence-electron chi connectivity index (χ4n) is 1.47. The molecule has 0 amide bonds. The molecule has 19 heavy (non-hydrogen) atoms.